The SMILES string of the molecule is Cc1nc(CCNC(=O)CSCc2ccc(C#N)cc2)cs1. The summed E-state index contributed by atoms with van der Waals surface area (Å²) in [7, 11) is 0. The van der Waals surface area contributed by atoms with Gasteiger partial charge in [0, 0.05) is 24.1 Å². The predicted octanol–water partition coefficient (Wildman–Crippen LogP) is 2.92. The van der Waals surface area contributed by atoms with Crippen LogP contribution in [0.5, 0.6) is 0 Å². The van der Waals surface area contributed by atoms with Crippen LogP contribution < -0.4 is 5.32 Å². The van der Waals surface area contributed by atoms with Gasteiger partial charge >= 0.3 is 0 Å². The van der Waals surface area contributed by atoms with Crippen LogP contribution in [-0.4, -0.2) is 23.2 Å². The first kappa shape index (κ1) is 16.5. The third kappa shape index (κ3) is 5.51. The smallest absolute Gasteiger partial charge is 0.230 e. The standard InChI is InChI=1S/C16H17N3OS2/c1-12-19-15(10-22-12)6-7-18-16(20)11-21-9-14-4-2-13(8-17)3-5-14/h2-5,10H,6-7,9,11H2,1H3,(H,18,20). The zero-order valence-corrected chi connectivity index (χ0v) is 14.0. The molecule has 0 spiro atoms. The molecule has 1 aromatic carbocycles. The van der Waals surface area contributed by atoms with E-state index in [1.165, 1.54) is 0 Å². The summed E-state index contributed by atoms with van der Waals surface area (Å²) in [6, 6.07) is 9.54. The van der Waals surface area contributed by atoms with Gasteiger partial charge in [-0.05, 0) is 24.6 Å². The highest BCUT2D eigenvalue weighted by Crippen LogP contribution is 2.12. The monoisotopic (exact) mass is 331 g/mol. The first-order chi connectivity index (χ1) is 10.7. The van der Waals surface area contributed by atoms with Gasteiger partial charge < -0.3 is 5.32 Å². The molecular weight excluding hydrogens is 314 g/mol. The number of aryl methyl sites for hydroxylation is 1. The van der Waals surface area contributed by atoms with Gasteiger partial charge in [0.15, 0.2) is 0 Å². The minimum absolute atomic E-state index is 0.0468. The van der Waals surface area contributed by atoms with Crippen molar-refractivity contribution < 1.29 is 4.79 Å². The van der Waals surface area contributed by atoms with E-state index >= 15 is 0 Å². The summed E-state index contributed by atoms with van der Waals surface area (Å²) in [5, 5.41) is 14.7. The van der Waals surface area contributed by atoms with Crippen molar-refractivity contribution in [2.75, 3.05) is 12.3 Å². The van der Waals surface area contributed by atoms with Gasteiger partial charge in [-0.25, -0.2) is 4.98 Å². The minimum atomic E-state index is 0.0468. The first-order valence-corrected chi connectivity index (χ1v) is 8.95. The van der Waals surface area contributed by atoms with Crippen molar-refractivity contribution in [2.45, 2.75) is 19.1 Å². The van der Waals surface area contributed by atoms with E-state index in [0.717, 1.165) is 28.4 Å². The molecule has 4 nitrogen and oxygen atoms in total. The van der Waals surface area contributed by atoms with E-state index in [0.29, 0.717) is 17.9 Å². The summed E-state index contributed by atoms with van der Waals surface area (Å²) in [5.41, 5.74) is 2.81. The Hall–Kier alpha value is -1.84. The topological polar surface area (TPSA) is 65.8 Å². The van der Waals surface area contributed by atoms with Crippen LogP contribution >= 0.6 is 23.1 Å². The number of rotatable bonds is 7. The highest BCUT2D eigenvalue weighted by molar-refractivity contribution is 7.99. The highest BCUT2D eigenvalue weighted by atomic mass is 32.2. The number of nitrogens with one attached hydrogen (secondary N) is 1. The van der Waals surface area contributed by atoms with Gasteiger partial charge in [-0.3, -0.25) is 4.79 Å². The molecule has 6 heteroatoms. The quantitative estimate of drug-likeness (QED) is 0.847. The van der Waals surface area contributed by atoms with E-state index in [9.17, 15) is 4.79 Å². The molecule has 0 fully saturated rings. The Labute approximate surface area is 138 Å². The number of nitriles is 1. The number of hydrogen-bond donors (Lipinski definition) is 1. The lowest BCUT2D eigenvalue weighted by Crippen LogP contribution is -2.27. The molecule has 1 amide bonds. The third-order valence-electron chi connectivity index (χ3n) is 2.95. The number of nitrogens with zero attached hydrogens (tertiary/aromatic N) is 2. The van der Waals surface area contributed by atoms with Crippen molar-refractivity contribution in [3.05, 3.63) is 51.5 Å². The Morgan fingerprint density at radius 3 is 2.82 bits per heavy atom. The molecular formula is C16H17N3OS2. The number of amides is 1. The van der Waals surface area contributed by atoms with Gasteiger partial charge in [-0.2, -0.15) is 5.26 Å². The predicted molar refractivity (Wildman–Crippen MR) is 90.9 cm³/mol. The lowest BCUT2D eigenvalue weighted by molar-refractivity contribution is -0.118. The Balaban J connectivity index is 1.62. The Bertz CT molecular complexity index is 659. The van der Waals surface area contributed by atoms with Crippen molar-refractivity contribution in [1.82, 2.24) is 10.3 Å². The number of thioether (sulfide) groups is 1. The van der Waals surface area contributed by atoms with Crippen LogP contribution in [0.25, 0.3) is 0 Å². The normalized spacial score (nSPS) is 10.2. The van der Waals surface area contributed by atoms with Crippen LogP contribution in [0.3, 0.4) is 0 Å². The van der Waals surface area contributed by atoms with Gasteiger partial charge in [0.25, 0.3) is 0 Å². The van der Waals surface area contributed by atoms with Crippen molar-refractivity contribution in [3.63, 3.8) is 0 Å². The molecule has 2 rings (SSSR count). The zero-order chi connectivity index (χ0) is 15.8. The first-order valence-electron chi connectivity index (χ1n) is 6.92. The highest BCUT2D eigenvalue weighted by Gasteiger charge is 2.03. The van der Waals surface area contributed by atoms with Gasteiger partial charge in [-0.1, -0.05) is 12.1 Å². The molecule has 0 saturated carbocycles. The van der Waals surface area contributed by atoms with E-state index in [-0.39, 0.29) is 5.91 Å². The summed E-state index contributed by atoms with van der Waals surface area (Å²) >= 11 is 3.20. The van der Waals surface area contributed by atoms with Crippen molar-refractivity contribution in [2.24, 2.45) is 0 Å². The van der Waals surface area contributed by atoms with Crippen LogP contribution in [0.2, 0.25) is 0 Å². The molecule has 0 aliphatic heterocycles. The summed E-state index contributed by atoms with van der Waals surface area (Å²) in [6.07, 6.45) is 0.774. The fourth-order valence-electron chi connectivity index (χ4n) is 1.84. The average molecular weight is 331 g/mol. The van der Waals surface area contributed by atoms with Crippen LogP contribution in [0.1, 0.15) is 21.8 Å². The third-order valence-corrected chi connectivity index (χ3v) is 4.78. The van der Waals surface area contributed by atoms with E-state index in [2.05, 4.69) is 16.4 Å². The minimum Gasteiger partial charge on any atom is -0.355 e. The van der Waals surface area contributed by atoms with Crippen LogP contribution in [0.4, 0.5) is 0 Å². The summed E-state index contributed by atoms with van der Waals surface area (Å²) in [5.74, 6) is 1.26. The molecule has 0 aliphatic rings. The van der Waals surface area contributed by atoms with Crippen molar-refractivity contribution in [1.29, 1.82) is 5.26 Å². The molecule has 1 aromatic heterocycles. The van der Waals surface area contributed by atoms with Crippen LogP contribution in [0.15, 0.2) is 29.6 Å². The van der Waals surface area contributed by atoms with Crippen LogP contribution in [0, 0.1) is 18.3 Å². The molecule has 0 radical (unpaired) electrons. The second kappa shape index (κ2) is 8.57. The second-order valence-electron chi connectivity index (χ2n) is 4.76. The van der Waals surface area contributed by atoms with Gasteiger partial charge in [0.2, 0.25) is 5.91 Å². The number of benzene rings is 1. The molecule has 0 saturated heterocycles. The molecule has 0 atom stereocenters. The Kier molecular flexibility index (Phi) is 6.44. The fraction of sp³-hybridized carbons (Fsp3) is 0.312. The number of carbonyl (C=O) groups is 1. The molecule has 22 heavy (non-hydrogen) atoms. The molecule has 1 heterocycles. The van der Waals surface area contributed by atoms with E-state index < -0.39 is 0 Å². The van der Waals surface area contributed by atoms with E-state index in [1.54, 1.807) is 35.2 Å². The summed E-state index contributed by atoms with van der Waals surface area (Å²) < 4.78 is 0. The molecule has 1 N–H and O–H groups in total. The van der Waals surface area contributed by atoms with E-state index in [1.807, 2.05) is 24.4 Å². The number of carbonyl (C=O) groups excluding carboxylic acids is 1. The maximum atomic E-state index is 11.7. The molecule has 2 aromatic rings. The van der Waals surface area contributed by atoms with Gasteiger partial charge in [0.05, 0.1) is 28.1 Å². The second-order valence-corrected chi connectivity index (χ2v) is 6.81. The molecule has 0 aliphatic carbocycles. The maximum absolute atomic E-state index is 11.7. The van der Waals surface area contributed by atoms with Crippen molar-refractivity contribution in [3.8, 4) is 6.07 Å². The van der Waals surface area contributed by atoms with Gasteiger partial charge in [-0.15, -0.1) is 23.1 Å². The fourth-order valence-corrected chi connectivity index (χ4v) is 3.31. The largest absolute Gasteiger partial charge is 0.355 e. The maximum Gasteiger partial charge on any atom is 0.230 e. The number of hydrogen-bond acceptors (Lipinski definition) is 5. The molecule has 114 valence electrons. The lowest BCUT2D eigenvalue weighted by atomic mass is 10.2. The average Bonchev–Trinajstić information content (AvgIpc) is 2.93. The molecule has 0 unspecified atom stereocenters. The Morgan fingerprint density at radius 1 is 1.41 bits per heavy atom. The summed E-state index contributed by atoms with van der Waals surface area (Å²) in [6.45, 7) is 2.60. The Morgan fingerprint density at radius 2 is 2.18 bits per heavy atom. The summed E-state index contributed by atoms with van der Waals surface area (Å²) in [4.78, 5) is 16.1. The lowest BCUT2D eigenvalue weighted by Gasteiger charge is -2.04. The number of thiazole rings is 1. The van der Waals surface area contributed by atoms with E-state index in [4.69, 9.17) is 5.26 Å². The molecule has 0 bridgehead atoms. The van der Waals surface area contributed by atoms with Crippen LogP contribution in [-0.2, 0) is 17.0 Å². The van der Waals surface area contributed by atoms with Crippen molar-refractivity contribution >= 4 is 29.0 Å². The zero-order valence-electron chi connectivity index (χ0n) is 12.3. The number of aromatic nitrogens is 1. The van der Waals surface area contributed by atoms with Gasteiger partial charge in [0.1, 0.15) is 0 Å².